The molecule has 17 heavy (non-hydrogen) atoms. The van der Waals surface area contributed by atoms with Crippen LogP contribution in [0.15, 0.2) is 15.4 Å². The molecule has 2 N–H and O–H groups in total. The van der Waals surface area contributed by atoms with Crippen molar-refractivity contribution >= 4 is 11.3 Å². The van der Waals surface area contributed by atoms with Gasteiger partial charge in [-0.25, -0.2) is 4.98 Å². The van der Waals surface area contributed by atoms with Gasteiger partial charge < -0.3 is 10.3 Å². The Morgan fingerprint density at radius 1 is 1.41 bits per heavy atom. The van der Waals surface area contributed by atoms with Crippen molar-refractivity contribution in [2.45, 2.75) is 37.6 Å². The number of aryl methyl sites for hydroxylation is 2. The molecule has 0 saturated heterocycles. The molecule has 2 aromatic rings. The zero-order valence-corrected chi connectivity index (χ0v) is 10.2. The fraction of sp³-hybridized carbons (Fsp3) is 0.545. The van der Waals surface area contributed by atoms with Gasteiger partial charge >= 0.3 is 0 Å². The molecule has 90 valence electrons. The van der Waals surface area contributed by atoms with Crippen LogP contribution in [0.25, 0.3) is 0 Å². The maximum atomic E-state index is 6.13. The smallest absolute Gasteiger partial charge is 0.227 e. The van der Waals surface area contributed by atoms with Crippen LogP contribution in [0.5, 0.6) is 0 Å². The van der Waals surface area contributed by atoms with Crippen LogP contribution in [0.2, 0.25) is 0 Å². The quantitative estimate of drug-likeness (QED) is 0.892. The average molecular weight is 250 g/mol. The summed E-state index contributed by atoms with van der Waals surface area (Å²) in [7, 11) is 0. The molecule has 3 rings (SSSR count). The Bertz CT molecular complexity index is 489. The van der Waals surface area contributed by atoms with Crippen molar-refractivity contribution in [1.29, 1.82) is 0 Å². The highest BCUT2D eigenvalue weighted by Crippen LogP contribution is 2.36. The van der Waals surface area contributed by atoms with Gasteiger partial charge in [-0.3, -0.25) is 0 Å². The minimum absolute atomic E-state index is 0.331. The summed E-state index contributed by atoms with van der Waals surface area (Å²) in [4.78, 5) is 8.59. The first kappa shape index (κ1) is 10.9. The highest BCUT2D eigenvalue weighted by molar-refractivity contribution is 7.07. The molecule has 0 unspecified atom stereocenters. The summed E-state index contributed by atoms with van der Waals surface area (Å²) in [5.74, 6) is 1.32. The topological polar surface area (TPSA) is 77.8 Å². The van der Waals surface area contributed by atoms with E-state index < -0.39 is 0 Å². The lowest BCUT2D eigenvalue weighted by atomic mass is 9.77. The molecule has 1 fully saturated rings. The normalized spacial score (nSPS) is 17.9. The van der Waals surface area contributed by atoms with Crippen molar-refractivity contribution < 1.29 is 4.52 Å². The second-order valence-corrected chi connectivity index (χ2v) is 5.22. The Morgan fingerprint density at radius 3 is 2.94 bits per heavy atom. The molecule has 1 aliphatic rings. The molecular weight excluding hydrogens is 236 g/mol. The number of aromatic nitrogens is 3. The second-order valence-electron chi connectivity index (χ2n) is 4.50. The third-order valence-corrected chi connectivity index (χ3v) is 3.87. The number of hydrogen-bond acceptors (Lipinski definition) is 6. The van der Waals surface area contributed by atoms with Crippen LogP contribution in [-0.4, -0.2) is 15.1 Å². The summed E-state index contributed by atoms with van der Waals surface area (Å²) in [6.45, 7) is 0. The molecular formula is C11H14N4OS. The van der Waals surface area contributed by atoms with Gasteiger partial charge in [-0.05, 0) is 25.7 Å². The maximum absolute atomic E-state index is 6.13. The van der Waals surface area contributed by atoms with Crippen LogP contribution < -0.4 is 5.73 Å². The number of nitrogens with two attached hydrogens (primary N) is 1. The van der Waals surface area contributed by atoms with Crippen molar-refractivity contribution in [1.82, 2.24) is 15.1 Å². The van der Waals surface area contributed by atoms with Gasteiger partial charge in [0.15, 0.2) is 5.82 Å². The van der Waals surface area contributed by atoms with Crippen molar-refractivity contribution in [3.8, 4) is 0 Å². The van der Waals surface area contributed by atoms with Gasteiger partial charge in [-0.15, -0.1) is 11.3 Å². The Morgan fingerprint density at radius 2 is 2.29 bits per heavy atom. The minimum Gasteiger partial charge on any atom is -0.339 e. The molecule has 1 aliphatic carbocycles. The van der Waals surface area contributed by atoms with Gasteiger partial charge in [0.05, 0.1) is 16.7 Å². The molecule has 6 heteroatoms. The number of rotatable bonds is 4. The second kappa shape index (κ2) is 4.19. The summed E-state index contributed by atoms with van der Waals surface area (Å²) >= 11 is 1.60. The monoisotopic (exact) mass is 250 g/mol. The Labute approximate surface area is 103 Å². The standard InChI is InChI=1S/C11H14N4OS/c12-11(4-1-5-11)10-14-9(16-15-10)3-2-8-6-17-7-13-8/h6-7H,1-5,12H2. The predicted octanol–water partition coefficient (Wildman–Crippen LogP) is 1.65. The van der Waals surface area contributed by atoms with Crippen LogP contribution in [0.3, 0.4) is 0 Å². The Balaban J connectivity index is 1.64. The zero-order valence-electron chi connectivity index (χ0n) is 9.43. The molecule has 0 amide bonds. The van der Waals surface area contributed by atoms with Crippen LogP contribution in [0.4, 0.5) is 0 Å². The van der Waals surface area contributed by atoms with Gasteiger partial charge in [0, 0.05) is 11.8 Å². The van der Waals surface area contributed by atoms with E-state index in [0.717, 1.165) is 37.8 Å². The highest BCUT2D eigenvalue weighted by Gasteiger charge is 2.38. The first-order valence-corrected chi connectivity index (χ1v) is 6.70. The number of nitrogens with zero attached hydrogens (tertiary/aromatic N) is 3. The van der Waals surface area contributed by atoms with E-state index in [-0.39, 0.29) is 5.54 Å². The van der Waals surface area contributed by atoms with Crippen LogP contribution >= 0.6 is 11.3 Å². The zero-order chi connectivity index (χ0) is 11.7. The molecule has 1 saturated carbocycles. The van der Waals surface area contributed by atoms with Crippen molar-refractivity contribution in [2.24, 2.45) is 5.73 Å². The average Bonchev–Trinajstić information content (AvgIpc) is 2.94. The molecule has 0 aromatic carbocycles. The molecule has 0 spiro atoms. The molecule has 2 heterocycles. The third kappa shape index (κ3) is 2.10. The largest absolute Gasteiger partial charge is 0.339 e. The van der Waals surface area contributed by atoms with Crippen LogP contribution in [0.1, 0.15) is 36.7 Å². The van der Waals surface area contributed by atoms with Gasteiger partial charge in [0.2, 0.25) is 5.89 Å². The van der Waals surface area contributed by atoms with E-state index in [0.29, 0.717) is 11.7 Å². The summed E-state index contributed by atoms with van der Waals surface area (Å²) in [5.41, 5.74) is 8.70. The van der Waals surface area contributed by atoms with E-state index in [2.05, 4.69) is 15.1 Å². The van der Waals surface area contributed by atoms with E-state index >= 15 is 0 Å². The molecule has 0 bridgehead atoms. The van der Waals surface area contributed by atoms with Gasteiger partial charge in [-0.2, -0.15) is 4.98 Å². The summed E-state index contributed by atoms with van der Waals surface area (Å²) < 4.78 is 5.22. The molecule has 2 aromatic heterocycles. The lowest BCUT2D eigenvalue weighted by Crippen LogP contribution is -2.44. The van der Waals surface area contributed by atoms with E-state index in [4.69, 9.17) is 10.3 Å². The van der Waals surface area contributed by atoms with Crippen molar-refractivity contribution in [3.05, 3.63) is 28.3 Å². The number of hydrogen-bond donors (Lipinski definition) is 1. The lowest BCUT2D eigenvalue weighted by molar-refractivity contribution is 0.229. The first-order chi connectivity index (χ1) is 8.26. The fourth-order valence-corrected chi connectivity index (χ4v) is 2.53. The molecule has 5 nitrogen and oxygen atoms in total. The lowest BCUT2D eigenvalue weighted by Gasteiger charge is -2.34. The van der Waals surface area contributed by atoms with Gasteiger partial charge in [0.1, 0.15) is 0 Å². The maximum Gasteiger partial charge on any atom is 0.227 e. The van der Waals surface area contributed by atoms with Crippen LogP contribution in [-0.2, 0) is 18.4 Å². The Hall–Kier alpha value is -1.27. The van der Waals surface area contributed by atoms with Gasteiger partial charge in [0.25, 0.3) is 0 Å². The fourth-order valence-electron chi connectivity index (χ4n) is 1.94. The van der Waals surface area contributed by atoms with Crippen LogP contribution in [0, 0.1) is 0 Å². The van der Waals surface area contributed by atoms with E-state index in [1.54, 1.807) is 11.3 Å². The number of thiazole rings is 1. The SMILES string of the molecule is NC1(c2noc(CCc3cscn3)n2)CCC1. The molecule has 0 aliphatic heterocycles. The van der Waals surface area contributed by atoms with E-state index in [1.807, 2.05) is 10.9 Å². The highest BCUT2D eigenvalue weighted by atomic mass is 32.1. The summed E-state index contributed by atoms with van der Waals surface area (Å²) in [6.07, 6.45) is 4.63. The molecule has 0 radical (unpaired) electrons. The third-order valence-electron chi connectivity index (χ3n) is 3.24. The van der Waals surface area contributed by atoms with Crippen molar-refractivity contribution in [3.63, 3.8) is 0 Å². The first-order valence-electron chi connectivity index (χ1n) is 5.75. The summed E-state index contributed by atoms with van der Waals surface area (Å²) in [5, 5.41) is 6.02. The van der Waals surface area contributed by atoms with E-state index in [1.165, 1.54) is 0 Å². The van der Waals surface area contributed by atoms with Crippen molar-refractivity contribution in [2.75, 3.05) is 0 Å². The summed E-state index contributed by atoms with van der Waals surface area (Å²) in [6, 6.07) is 0. The minimum atomic E-state index is -0.331. The Kier molecular flexibility index (Phi) is 2.68. The molecule has 0 atom stereocenters. The predicted molar refractivity (Wildman–Crippen MR) is 63.5 cm³/mol. The van der Waals surface area contributed by atoms with E-state index in [9.17, 15) is 0 Å². The van der Waals surface area contributed by atoms with Gasteiger partial charge in [-0.1, -0.05) is 5.16 Å².